The lowest BCUT2D eigenvalue weighted by molar-refractivity contribution is -0.138. The topological polar surface area (TPSA) is 41.6 Å². The summed E-state index contributed by atoms with van der Waals surface area (Å²) in [5.74, 6) is 0.853. The lowest BCUT2D eigenvalue weighted by Gasteiger charge is -2.29. The monoisotopic (exact) mass is 276 g/mol. The van der Waals surface area contributed by atoms with E-state index in [2.05, 4.69) is 5.32 Å². The number of likely N-dealkylation sites (tertiary alicyclic amines) is 1. The summed E-state index contributed by atoms with van der Waals surface area (Å²) in [5.41, 5.74) is 1.20. The number of nitrogens with one attached hydrogen (secondary N) is 1. The van der Waals surface area contributed by atoms with Crippen molar-refractivity contribution in [2.75, 3.05) is 20.1 Å². The average Bonchev–Trinajstić information content (AvgIpc) is 2.49. The molecule has 1 saturated heterocycles. The predicted octanol–water partition coefficient (Wildman–Crippen LogP) is 2.19. The SMILES string of the molecule is CNCc1ccc(OC(C)C(=O)N2CCCCC2)cc1. The number of ether oxygens (including phenoxy) is 1. The number of hydrogen-bond acceptors (Lipinski definition) is 3. The Morgan fingerprint density at radius 1 is 1.25 bits per heavy atom. The van der Waals surface area contributed by atoms with E-state index in [-0.39, 0.29) is 5.91 Å². The van der Waals surface area contributed by atoms with Gasteiger partial charge in [-0.25, -0.2) is 0 Å². The maximum atomic E-state index is 12.3. The highest BCUT2D eigenvalue weighted by molar-refractivity contribution is 5.81. The van der Waals surface area contributed by atoms with Crippen molar-refractivity contribution in [3.8, 4) is 5.75 Å². The summed E-state index contributed by atoms with van der Waals surface area (Å²) >= 11 is 0. The second kappa shape index (κ2) is 7.29. The molecule has 1 amide bonds. The Morgan fingerprint density at radius 2 is 1.90 bits per heavy atom. The molecule has 1 aliphatic heterocycles. The fraction of sp³-hybridized carbons (Fsp3) is 0.562. The first-order valence-electron chi connectivity index (χ1n) is 7.39. The van der Waals surface area contributed by atoms with E-state index in [0.717, 1.165) is 38.2 Å². The van der Waals surface area contributed by atoms with Crippen LogP contribution in [0.1, 0.15) is 31.7 Å². The van der Waals surface area contributed by atoms with Gasteiger partial charge in [0.1, 0.15) is 5.75 Å². The Hall–Kier alpha value is -1.55. The van der Waals surface area contributed by atoms with Gasteiger partial charge >= 0.3 is 0 Å². The van der Waals surface area contributed by atoms with Crippen LogP contribution in [0.15, 0.2) is 24.3 Å². The molecule has 20 heavy (non-hydrogen) atoms. The molecule has 1 aliphatic rings. The molecular formula is C16H24N2O2. The molecule has 2 rings (SSSR count). The highest BCUT2D eigenvalue weighted by atomic mass is 16.5. The minimum atomic E-state index is -0.414. The molecule has 1 fully saturated rings. The van der Waals surface area contributed by atoms with Crippen LogP contribution < -0.4 is 10.1 Å². The molecule has 1 heterocycles. The van der Waals surface area contributed by atoms with Crippen LogP contribution in [-0.2, 0) is 11.3 Å². The first kappa shape index (κ1) is 14.9. The minimum Gasteiger partial charge on any atom is -0.481 e. The normalized spacial score (nSPS) is 16.8. The van der Waals surface area contributed by atoms with Crippen molar-refractivity contribution in [1.29, 1.82) is 0 Å². The number of amides is 1. The summed E-state index contributed by atoms with van der Waals surface area (Å²) in [6.07, 6.45) is 3.03. The summed E-state index contributed by atoms with van der Waals surface area (Å²) in [6.45, 7) is 4.41. The third-order valence-corrected chi connectivity index (χ3v) is 3.63. The van der Waals surface area contributed by atoms with Crippen molar-refractivity contribution < 1.29 is 9.53 Å². The molecule has 1 unspecified atom stereocenters. The Morgan fingerprint density at radius 3 is 2.50 bits per heavy atom. The van der Waals surface area contributed by atoms with Crippen molar-refractivity contribution in [1.82, 2.24) is 10.2 Å². The highest BCUT2D eigenvalue weighted by Crippen LogP contribution is 2.16. The molecule has 4 heteroatoms. The van der Waals surface area contributed by atoms with E-state index < -0.39 is 6.10 Å². The number of carbonyl (C=O) groups excluding carboxylic acids is 1. The van der Waals surface area contributed by atoms with Gasteiger partial charge in [0, 0.05) is 19.6 Å². The maximum Gasteiger partial charge on any atom is 0.263 e. The first-order valence-corrected chi connectivity index (χ1v) is 7.39. The van der Waals surface area contributed by atoms with Crippen molar-refractivity contribution in [2.24, 2.45) is 0 Å². The van der Waals surface area contributed by atoms with Gasteiger partial charge in [-0.1, -0.05) is 12.1 Å². The number of carbonyl (C=O) groups is 1. The standard InChI is InChI=1S/C16H24N2O2/c1-13(16(19)18-10-4-3-5-11-18)20-15-8-6-14(7-9-15)12-17-2/h6-9,13,17H,3-5,10-12H2,1-2H3. The van der Waals surface area contributed by atoms with Gasteiger partial charge in [-0.2, -0.15) is 0 Å². The minimum absolute atomic E-state index is 0.101. The van der Waals surface area contributed by atoms with Gasteiger partial charge in [-0.3, -0.25) is 4.79 Å². The van der Waals surface area contributed by atoms with E-state index in [4.69, 9.17) is 4.74 Å². The van der Waals surface area contributed by atoms with Crippen molar-refractivity contribution in [3.63, 3.8) is 0 Å². The first-order chi connectivity index (χ1) is 9.70. The van der Waals surface area contributed by atoms with Crippen molar-refractivity contribution >= 4 is 5.91 Å². The molecule has 0 spiro atoms. The summed E-state index contributed by atoms with van der Waals surface area (Å²) in [4.78, 5) is 14.2. The van der Waals surface area contributed by atoms with Crippen LogP contribution >= 0.6 is 0 Å². The molecule has 0 radical (unpaired) electrons. The van der Waals surface area contributed by atoms with Gasteiger partial charge in [0.25, 0.3) is 5.91 Å². The van der Waals surface area contributed by atoms with E-state index in [1.54, 1.807) is 0 Å². The quantitative estimate of drug-likeness (QED) is 0.896. The Balaban J connectivity index is 1.89. The average molecular weight is 276 g/mol. The lowest BCUT2D eigenvalue weighted by atomic mass is 10.1. The zero-order valence-electron chi connectivity index (χ0n) is 12.4. The molecule has 0 bridgehead atoms. The van der Waals surface area contributed by atoms with Crippen molar-refractivity contribution in [2.45, 2.75) is 38.8 Å². The summed E-state index contributed by atoms with van der Waals surface area (Å²) in [5, 5.41) is 3.10. The van der Waals surface area contributed by atoms with Gasteiger partial charge in [-0.15, -0.1) is 0 Å². The van der Waals surface area contributed by atoms with Crippen LogP contribution in [0.25, 0.3) is 0 Å². The molecule has 0 saturated carbocycles. The molecule has 1 N–H and O–H groups in total. The highest BCUT2D eigenvalue weighted by Gasteiger charge is 2.23. The van der Waals surface area contributed by atoms with Crippen molar-refractivity contribution in [3.05, 3.63) is 29.8 Å². The lowest BCUT2D eigenvalue weighted by Crippen LogP contribution is -2.43. The van der Waals surface area contributed by atoms with E-state index in [0.29, 0.717) is 0 Å². The van der Waals surface area contributed by atoms with Crippen LogP contribution in [0.2, 0.25) is 0 Å². The van der Waals surface area contributed by atoms with Gasteiger partial charge in [0.2, 0.25) is 0 Å². The fourth-order valence-electron chi connectivity index (χ4n) is 2.52. The van der Waals surface area contributed by atoms with Crippen LogP contribution in [0.3, 0.4) is 0 Å². The number of rotatable bonds is 5. The van der Waals surface area contributed by atoms with Gasteiger partial charge in [0.05, 0.1) is 0 Å². The second-order valence-electron chi connectivity index (χ2n) is 5.32. The van der Waals surface area contributed by atoms with Gasteiger partial charge in [0.15, 0.2) is 6.10 Å². The van der Waals surface area contributed by atoms with Crippen LogP contribution in [0.4, 0.5) is 0 Å². The number of hydrogen-bond donors (Lipinski definition) is 1. The van der Waals surface area contributed by atoms with Gasteiger partial charge < -0.3 is 15.0 Å². The van der Waals surface area contributed by atoms with Crippen LogP contribution in [-0.4, -0.2) is 37.0 Å². The van der Waals surface area contributed by atoms with Crippen LogP contribution in [0.5, 0.6) is 5.75 Å². The Kier molecular flexibility index (Phi) is 5.41. The number of nitrogens with zero attached hydrogens (tertiary/aromatic N) is 1. The molecule has 1 aromatic rings. The molecule has 4 nitrogen and oxygen atoms in total. The Labute approximate surface area is 121 Å². The summed E-state index contributed by atoms with van der Waals surface area (Å²) < 4.78 is 5.75. The van der Waals surface area contributed by atoms with E-state index in [1.165, 1.54) is 12.0 Å². The van der Waals surface area contributed by atoms with Gasteiger partial charge in [-0.05, 0) is 50.9 Å². The number of piperidine rings is 1. The predicted molar refractivity (Wildman–Crippen MR) is 79.7 cm³/mol. The van der Waals surface area contributed by atoms with E-state index >= 15 is 0 Å². The third-order valence-electron chi connectivity index (χ3n) is 3.63. The third kappa shape index (κ3) is 3.97. The van der Waals surface area contributed by atoms with E-state index in [9.17, 15) is 4.79 Å². The molecular weight excluding hydrogens is 252 g/mol. The second-order valence-corrected chi connectivity index (χ2v) is 5.32. The largest absolute Gasteiger partial charge is 0.481 e. The summed E-state index contributed by atoms with van der Waals surface area (Å²) in [6, 6.07) is 7.88. The molecule has 0 aliphatic carbocycles. The zero-order chi connectivity index (χ0) is 14.4. The molecule has 1 aromatic carbocycles. The molecule has 0 aromatic heterocycles. The smallest absolute Gasteiger partial charge is 0.263 e. The molecule has 110 valence electrons. The zero-order valence-corrected chi connectivity index (χ0v) is 12.4. The molecule has 1 atom stereocenters. The van der Waals surface area contributed by atoms with E-state index in [1.807, 2.05) is 43.1 Å². The van der Waals surface area contributed by atoms with Crippen LogP contribution in [0, 0.1) is 0 Å². The maximum absolute atomic E-state index is 12.3. The Bertz CT molecular complexity index is 425. The summed E-state index contributed by atoms with van der Waals surface area (Å²) in [7, 11) is 1.92. The number of benzene rings is 1. The fourth-order valence-corrected chi connectivity index (χ4v) is 2.52.